The van der Waals surface area contributed by atoms with Crippen LogP contribution >= 0.6 is 0 Å². The van der Waals surface area contributed by atoms with E-state index < -0.39 is 6.10 Å². The van der Waals surface area contributed by atoms with Gasteiger partial charge in [0.25, 0.3) is 0 Å². The Hall–Kier alpha value is -1.81. The summed E-state index contributed by atoms with van der Waals surface area (Å²) in [6.07, 6.45) is 5.44. The predicted molar refractivity (Wildman–Crippen MR) is 69.3 cm³/mol. The maximum atomic E-state index is 11.8. The van der Waals surface area contributed by atoms with Crippen LogP contribution in [0.1, 0.15) is 42.8 Å². The van der Waals surface area contributed by atoms with Crippen LogP contribution in [0.3, 0.4) is 0 Å². The molecule has 1 aromatic heterocycles. The number of esters is 1. The van der Waals surface area contributed by atoms with Crippen LogP contribution in [-0.2, 0) is 9.53 Å². The van der Waals surface area contributed by atoms with Crippen molar-refractivity contribution in [2.75, 3.05) is 0 Å². The molecule has 19 heavy (non-hydrogen) atoms. The van der Waals surface area contributed by atoms with Crippen molar-refractivity contribution in [3.05, 3.63) is 40.4 Å². The fourth-order valence-electron chi connectivity index (χ4n) is 2.58. The average molecular weight is 260 g/mol. The minimum Gasteiger partial charge on any atom is -0.464 e. The van der Waals surface area contributed by atoms with Gasteiger partial charge in [-0.15, -0.1) is 0 Å². The second-order valence-corrected chi connectivity index (χ2v) is 5.16. The topological polar surface area (TPSA) is 59.7 Å². The number of aliphatic hydroxyl groups is 1. The van der Waals surface area contributed by atoms with E-state index in [2.05, 4.69) is 0 Å². The first-order valence-corrected chi connectivity index (χ1v) is 6.42. The highest BCUT2D eigenvalue weighted by Gasteiger charge is 2.31. The average Bonchev–Trinajstić information content (AvgIpc) is 2.89. The summed E-state index contributed by atoms with van der Waals surface area (Å²) in [5.74, 6) is 0.370. The van der Waals surface area contributed by atoms with Crippen LogP contribution in [-0.4, -0.2) is 17.2 Å². The molecule has 2 bridgehead atoms. The summed E-state index contributed by atoms with van der Waals surface area (Å²) in [5.41, 5.74) is 3.30. The number of fused-ring (bicyclic) bond motifs is 3. The van der Waals surface area contributed by atoms with Crippen LogP contribution in [0.4, 0.5) is 0 Å². The third kappa shape index (κ3) is 2.02. The second kappa shape index (κ2) is 4.38. The Morgan fingerprint density at radius 3 is 2.95 bits per heavy atom. The Balaban J connectivity index is 2.13. The minimum atomic E-state index is -0.566. The molecule has 2 atom stereocenters. The van der Waals surface area contributed by atoms with Gasteiger partial charge in [-0.05, 0) is 50.0 Å². The number of carbonyl (C=O) groups is 1. The molecule has 2 heterocycles. The molecule has 0 saturated carbocycles. The van der Waals surface area contributed by atoms with Crippen molar-refractivity contribution in [3.8, 4) is 0 Å². The van der Waals surface area contributed by atoms with Gasteiger partial charge in [0.2, 0.25) is 0 Å². The first-order valence-electron chi connectivity index (χ1n) is 6.42. The summed E-state index contributed by atoms with van der Waals surface area (Å²) in [6.45, 7) is 3.79. The molecule has 4 heteroatoms. The summed E-state index contributed by atoms with van der Waals surface area (Å²) in [5, 5.41) is 10.1. The number of rotatable bonds is 0. The molecule has 2 aliphatic rings. The van der Waals surface area contributed by atoms with E-state index in [1.807, 2.05) is 26.0 Å². The zero-order valence-electron chi connectivity index (χ0n) is 11.0. The number of furan rings is 1. The molecular formula is C15H16O4. The molecule has 0 saturated heterocycles. The van der Waals surface area contributed by atoms with Crippen molar-refractivity contribution in [1.82, 2.24) is 0 Å². The number of hydrogen-bond donors (Lipinski definition) is 1. The fraction of sp³-hybridized carbons (Fsp3) is 0.400. The van der Waals surface area contributed by atoms with E-state index in [4.69, 9.17) is 9.15 Å². The van der Waals surface area contributed by atoms with Crippen molar-refractivity contribution in [2.45, 2.75) is 38.9 Å². The number of aliphatic hydroxyl groups excluding tert-OH is 1. The molecule has 0 fully saturated rings. The first kappa shape index (κ1) is 12.2. The van der Waals surface area contributed by atoms with Crippen LogP contribution in [0.25, 0.3) is 6.08 Å². The second-order valence-electron chi connectivity index (χ2n) is 5.16. The van der Waals surface area contributed by atoms with E-state index in [1.54, 1.807) is 6.26 Å². The number of hydrogen-bond acceptors (Lipinski definition) is 4. The largest absolute Gasteiger partial charge is 0.464 e. The highest BCUT2D eigenvalue weighted by molar-refractivity contribution is 5.91. The smallest absolute Gasteiger partial charge is 0.334 e. The SMILES string of the molecule is C/C1=C/c2occ(C)c2[C@H]2C=C(CC[C@@H]1O)C(=O)O2. The lowest BCUT2D eigenvalue weighted by molar-refractivity contribution is -0.140. The van der Waals surface area contributed by atoms with E-state index >= 15 is 0 Å². The maximum Gasteiger partial charge on any atom is 0.334 e. The Morgan fingerprint density at radius 2 is 2.16 bits per heavy atom. The Labute approximate surface area is 111 Å². The third-order valence-electron chi connectivity index (χ3n) is 3.76. The zero-order valence-corrected chi connectivity index (χ0v) is 11.0. The highest BCUT2D eigenvalue weighted by Crippen LogP contribution is 2.37. The molecule has 0 radical (unpaired) electrons. The molecular weight excluding hydrogens is 244 g/mol. The highest BCUT2D eigenvalue weighted by atomic mass is 16.5. The normalized spacial score (nSPS) is 29.1. The van der Waals surface area contributed by atoms with Crippen molar-refractivity contribution in [3.63, 3.8) is 0 Å². The van der Waals surface area contributed by atoms with Gasteiger partial charge in [0.05, 0.1) is 12.4 Å². The van der Waals surface area contributed by atoms with E-state index in [-0.39, 0.29) is 12.1 Å². The van der Waals surface area contributed by atoms with Gasteiger partial charge in [0.1, 0.15) is 5.76 Å². The summed E-state index contributed by atoms with van der Waals surface area (Å²) in [4.78, 5) is 11.8. The molecule has 1 N–H and O–H groups in total. The number of ether oxygens (including phenoxy) is 1. The molecule has 100 valence electrons. The predicted octanol–water partition coefficient (Wildman–Crippen LogP) is 2.67. The van der Waals surface area contributed by atoms with Crippen LogP contribution in [0.5, 0.6) is 0 Å². The first-order chi connectivity index (χ1) is 9.06. The summed E-state index contributed by atoms with van der Waals surface area (Å²) < 4.78 is 10.9. The molecule has 1 aliphatic heterocycles. The third-order valence-corrected chi connectivity index (χ3v) is 3.76. The molecule has 0 aromatic carbocycles. The van der Waals surface area contributed by atoms with Crippen molar-refractivity contribution >= 4 is 12.0 Å². The molecule has 0 amide bonds. The van der Waals surface area contributed by atoms with Gasteiger partial charge in [-0.2, -0.15) is 0 Å². The molecule has 0 spiro atoms. The van der Waals surface area contributed by atoms with Crippen LogP contribution < -0.4 is 0 Å². The summed E-state index contributed by atoms with van der Waals surface area (Å²) in [7, 11) is 0. The van der Waals surface area contributed by atoms with Gasteiger partial charge >= 0.3 is 5.97 Å². The van der Waals surface area contributed by atoms with Gasteiger partial charge in [0.15, 0.2) is 6.10 Å². The van der Waals surface area contributed by atoms with Crippen molar-refractivity contribution in [2.24, 2.45) is 0 Å². The number of aryl methyl sites for hydroxylation is 1. The lowest BCUT2D eigenvalue weighted by atomic mass is 9.96. The summed E-state index contributed by atoms with van der Waals surface area (Å²) in [6, 6.07) is 0. The van der Waals surface area contributed by atoms with Crippen molar-refractivity contribution in [1.29, 1.82) is 0 Å². The van der Waals surface area contributed by atoms with Crippen LogP contribution in [0.15, 0.2) is 27.9 Å². The van der Waals surface area contributed by atoms with E-state index in [0.29, 0.717) is 24.2 Å². The lowest BCUT2D eigenvalue weighted by Crippen LogP contribution is -2.09. The molecule has 0 unspecified atom stereocenters. The minimum absolute atomic E-state index is 0.289. The Bertz CT molecular complexity index is 591. The Morgan fingerprint density at radius 1 is 1.37 bits per heavy atom. The van der Waals surface area contributed by atoms with Gasteiger partial charge in [-0.3, -0.25) is 0 Å². The van der Waals surface area contributed by atoms with Crippen LogP contribution in [0.2, 0.25) is 0 Å². The van der Waals surface area contributed by atoms with Gasteiger partial charge in [-0.1, -0.05) is 0 Å². The lowest BCUT2D eigenvalue weighted by Gasteiger charge is -2.12. The summed E-state index contributed by atoms with van der Waals surface area (Å²) >= 11 is 0. The molecule has 1 aromatic rings. The standard InChI is InChI=1S/C15H16O4/c1-8-5-12-14(9(2)7-18-12)13-6-10(15(17)19-13)3-4-11(8)16/h5-7,11,13,16H,3-4H2,1-2H3/b8-5-/t11-,13+/m0/s1. The monoisotopic (exact) mass is 260 g/mol. The molecule has 4 nitrogen and oxygen atoms in total. The number of carbonyl (C=O) groups excluding carboxylic acids is 1. The Kier molecular flexibility index (Phi) is 2.82. The van der Waals surface area contributed by atoms with E-state index in [1.165, 1.54) is 0 Å². The zero-order chi connectivity index (χ0) is 13.6. The molecule has 1 aliphatic carbocycles. The fourth-order valence-corrected chi connectivity index (χ4v) is 2.58. The van der Waals surface area contributed by atoms with Gasteiger partial charge in [-0.25, -0.2) is 4.79 Å². The quantitative estimate of drug-likeness (QED) is 0.728. The van der Waals surface area contributed by atoms with E-state index in [9.17, 15) is 9.90 Å². The van der Waals surface area contributed by atoms with Crippen LogP contribution in [0, 0.1) is 6.92 Å². The maximum absolute atomic E-state index is 11.8. The van der Waals surface area contributed by atoms with Gasteiger partial charge in [0, 0.05) is 11.1 Å². The van der Waals surface area contributed by atoms with Gasteiger partial charge < -0.3 is 14.3 Å². The van der Waals surface area contributed by atoms with E-state index in [0.717, 1.165) is 16.7 Å². The molecule has 3 rings (SSSR count). The van der Waals surface area contributed by atoms with Crippen molar-refractivity contribution < 1.29 is 19.1 Å².